The lowest BCUT2D eigenvalue weighted by molar-refractivity contribution is 0.0667. The van der Waals surface area contributed by atoms with Crippen LogP contribution < -0.4 is 9.47 Å². The molecule has 4 rings (SSSR count). The van der Waals surface area contributed by atoms with Crippen molar-refractivity contribution in [3.8, 4) is 11.5 Å². The van der Waals surface area contributed by atoms with Gasteiger partial charge in [0.25, 0.3) is 5.91 Å². The van der Waals surface area contributed by atoms with Gasteiger partial charge in [-0.25, -0.2) is 0 Å². The molecule has 1 atom stereocenters. The Morgan fingerprint density at radius 1 is 1.38 bits per heavy atom. The molecule has 1 aromatic heterocycles. The summed E-state index contributed by atoms with van der Waals surface area (Å²) in [5.74, 6) is 2.81. The highest BCUT2D eigenvalue weighted by atomic mass is 16.7. The van der Waals surface area contributed by atoms with Crippen molar-refractivity contribution in [1.82, 2.24) is 15.0 Å². The predicted octanol–water partition coefficient (Wildman–Crippen LogP) is 2.20. The van der Waals surface area contributed by atoms with E-state index < -0.39 is 0 Å². The molecule has 2 aliphatic rings. The second kappa shape index (κ2) is 6.14. The molecule has 0 aliphatic carbocycles. The minimum absolute atomic E-state index is 0.00802. The maximum atomic E-state index is 12.9. The van der Waals surface area contributed by atoms with Crippen LogP contribution in [0.3, 0.4) is 0 Å². The van der Waals surface area contributed by atoms with E-state index in [0.717, 1.165) is 25.8 Å². The average molecular weight is 329 g/mol. The standard InChI is InChI=1S/C17H19N3O4/c1-11-18-15(19-24-11)8-12-4-3-7-20(9-12)17(21)13-5-2-6-14-16(13)23-10-22-14/h2,5-6,12H,3-4,7-10H2,1H3. The molecule has 0 N–H and O–H groups in total. The van der Waals surface area contributed by atoms with Crippen LogP contribution in [0.5, 0.6) is 11.5 Å². The Balaban J connectivity index is 1.48. The van der Waals surface area contributed by atoms with Crippen molar-refractivity contribution in [3.05, 3.63) is 35.5 Å². The van der Waals surface area contributed by atoms with Crippen LogP contribution in [-0.4, -0.2) is 40.8 Å². The number of likely N-dealkylation sites (tertiary alicyclic amines) is 1. The third-order valence-corrected chi connectivity index (χ3v) is 4.47. The number of aryl methyl sites for hydroxylation is 1. The zero-order valence-electron chi connectivity index (χ0n) is 13.5. The Bertz CT molecular complexity index is 758. The van der Waals surface area contributed by atoms with Gasteiger partial charge in [-0.3, -0.25) is 4.79 Å². The minimum atomic E-state index is -0.00802. The molecule has 3 heterocycles. The van der Waals surface area contributed by atoms with E-state index >= 15 is 0 Å². The second-order valence-electron chi connectivity index (χ2n) is 6.23. The Labute approximate surface area is 139 Å². The monoisotopic (exact) mass is 329 g/mol. The smallest absolute Gasteiger partial charge is 0.257 e. The molecule has 2 aliphatic heterocycles. The molecule has 0 radical (unpaired) electrons. The van der Waals surface area contributed by atoms with Crippen molar-refractivity contribution in [2.75, 3.05) is 19.9 Å². The van der Waals surface area contributed by atoms with Crippen LogP contribution in [0.1, 0.15) is 34.9 Å². The number of piperidine rings is 1. The number of ether oxygens (including phenoxy) is 2. The number of benzene rings is 1. The number of para-hydroxylation sites is 1. The fraction of sp³-hybridized carbons (Fsp3) is 0.471. The number of aromatic nitrogens is 2. The van der Waals surface area contributed by atoms with Gasteiger partial charge >= 0.3 is 0 Å². The number of amides is 1. The predicted molar refractivity (Wildman–Crippen MR) is 83.9 cm³/mol. The van der Waals surface area contributed by atoms with Crippen molar-refractivity contribution in [3.63, 3.8) is 0 Å². The van der Waals surface area contributed by atoms with Gasteiger partial charge in [-0.05, 0) is 30.9 Å². The molecule has 24 heavy (non-hydrogen) atoms. The van der Waals surface area contributed by atoms with Gasteiger partial charge in [-0.15, -0.1) is 0 Å². The fourth-order valence-electron chi connectivity index (χ4n) is 3.37. The number of rotatable bonds is 3. The van der Waals surface area contributed by atoms with E-state index in [4.69, 9.17) is 14.0 Å². The maximum Gasteiger partial charge on any atom is 0.257 e. The van der Waals surface area contributed by atoms with Gasteiger partial charge in [0, 0.05) is 26.4 Å². The fourth-order valence-corrected chi connectivity index (χ4v) is 3.37. The first kappa shape index (κ1) is 15.0. The van der Waals surface area contributed by atoms with Gasteiger partial charge in [-0.2, -0.15) is 4.98 Å². The lowest BCUT2D eigenvalue weighted by atomic mass is 9.94. The van der Waals surface area contributed by atoms with Crippen LogP contribution in [0.15, 0.2) is 22.7 Å². The summed E-state index contributed by atoms with van der Waals surface area (Å²) >= 11 is 0. The third kappa shape index (κ3) is 2.81. The molecule has 1 unspecified atom stereocenters. The van der Waals surface area contributed by atoms with Gasteiger partial charge in [0.1, 0.15) is 0 Å². The molecule has 0 bridgehead atoms. The summed E-state index contributed by atoms with van der Waals surface area (Å²) in [4.78, 5) is 19.1. The quantitative estimate of drug-likeness (QED) is 0.859. The van der Waals surface area contributed by atoms with E-state index in [2.05, 4.69) is 10.1 Å². The van der Waals surface area contributed by atoms with Gasteiger partial charge in [0.15, 0.2) is 17.3 Å². The van der Waals surface area contributed by atoms with Crippen molar-refractivity contribution >= 4 is 5.91 Å². The summed E-state index contributed by atoms with van der Waals surface area (Å²) in [6.07, 6.45) is 2.76. The highest BCUT2D eigenvalue weighted by Gasteiger charge is 2.29. The number of nitrogens with zero attached hydrogens (tertiary/aromatic N) is 3. The summed E-state index contributed by atoms with van der Waals surface area (Å²) in [7, 11) is 0. The molecule has 2 aromatic rings. The summed E-state index contributed by atoms with van der Waals surface area (Å²) < 4.78 is 15.9. The first-order chi connectivity index (χ1) is 11.7. The van der Waals surface area contributed by atoms with Gasteiger partial charge < -0.3 is 18.9 Å². The topological polar surface area (TPSA) is 77.7 Å². The number of hydrogen-bond donors (Lipinski definition) is 0. The first-order valence-corrected chi connectivity index (χ1v) is 8.18. The maximum absolute atomic E-state index is 12.9. The Kier molecular flexibility index (Phi) is 3.84. The van der Waals surface area contributed by atoms with Gasteiger partial charge in [-0.1, -0.05) is 11.2 Å². The molecule has 1 saturated heterocycles. The Morgan fingerprint density at radius 2 is 2.29 bits per heavy atom. The highest BCUT2D eigenvalue weighted by molar-refractivity contribution is 5.98. The van der Waals surface area contributed by atoms with Crippen LogP contribution in [-0.2, 0) is 6.42 Å². The molecule has 0 saturated carbocycles. The van der Waals surface area contributed by atoms with E-state index in [1.807, 2.05) is 17.0 Å². The SMILES string of the molecule is Cc1nc(CC2CCCN(C(=O)c3cccc4c3OCO4)C2)no1. The Hall–Kier alpha value is -2.57. The molecule has 1 aromatic carbocycles. The van der Waals surface area contributed by atoms with Crippen LogP contribution in [0.2, 0.25) is 0 Å². The first-order valence-electron chi connectivity index (χ1n) is 8.18. The van der Waals surface area contributed by atoms with Crippen molar-refractivity contribution in [2.45, 2.75) is 26.2 Å². The van der Waals surface area contributed by atoms with Crippen LogP contribution in [0.25, 0.3) is 0 Å². The van der Waals surface area contributed by atoms with Crippen LogP contribution in [0, 0.1) is 12.8 Å². The van der Waals surface area contributed by atoms with E-state index in [1.54, 1.807) is 13.0 Å². The minimum Gasteiger partial charge on any atom is -0.454 e. The van der Waals surface area contributed by atoms with Crippen molar-refractivity contribution < 1.29 is 18.8 Å². The lowest BCUT2D eigenvalue weighted by Crippen LogP contribution is -2.40. The van der Waals surface area contributed by atoms with Gasteiger partial charge in [0.05, 0.1) is 5.56 Å². The molecule has 1 fully saturated rings. The molecular weight excluding hydrogens is 310 g/mol. The molecule has 7 nitrogen and oxygen atoms in total. The summed E-state index contributed by atoms with van der Waals surface area (Å²) in [6.45, 7) is 3.40. The van der Waals surface area contributed by atoms with Crippen LogP contribution in [0.4, 0.5) is 0 Å². The number of carbonyl (C=O) groups is 1. The highest BCUT2D eigenvalue weighted by Crippen LogP contribution is 2.36. The largest absolute Gasteiger partial charge is 0.454 e. The third-order valence-electron chi connectivity index (χ3n) is 4.47. The number of fused-ring (bicyclic) bond motifs is 1. The van der Waals surface area contributed by atoms with Crippen molar-refractivity contribution in [1.29, 1.82) is 0 Å². The molecular formula is C17H19N3O4. The Morgan fingerprint density at radius 3 is 3.12 bits per heavy atom. The van der Waals surface area contributed by atoms with Gasteiger partial charge in [0.2, 0.25) is 12.7 Å². The van der Waals surface area contributed by atoms with E-state index in [1.165, 1.54) is 0 Å². The number of carbonyl (C=O) groups excluding carboxylic acids is 1. The molecule has 7 heteroatoms. The average Bonchev–Trinajstić information content (AvgIpc) is 3.23. The number of hydrogen-bond acceptors (Lipinski definition) is 6. The van der Waals surface area contributed by atoms with E-state index in [9.17, 15) is 4.79 Å². The van der Waals surface area contributed by atoms with E-state index in [-0.39, 0.29) is 12.7 Å². The summed E-state index contributed by atoms with van der Waals surface area (Å²) in [6, 6.07) is 5.43. The zero-order chi connectivity index (χ0) is 16.5. The molecule has 0 spiro atoms. The summed E-state index contributed by atoms with van der Waals surface area (Å²) in [5, 5.41) is 3.96. The molecule has 1 amide bonds. The summed E-state index contributed by atoms with van der Waals surface area (Å²) in [5.41, 5.74) is 0.570. The molecule has 126 valence electrons. The zero-order valence-corrected chi connectivity index (χ0v) is 13.5. The lowest BCUT2D eigenvalue weighted by Gasteiger charge is -2.32. The second-order valence-corrected chi connectivity index (χ2v) is 6.23. The van der Waals surface area contributed by atoms with Crippen LogP contribution >= 0.6 is 0 Å². The van der Waals surface area contributed by atoms with Crippen molar-refractivity contribution in [2.24, 2.45) is 5.92 Å². The normalized spacial score (nSPS) is 19.5. The van der Waals surface area contributed by atoms with E-state index in [0.29, 0.717) is 41.2 Å².